The Morgan fingerprint density at radius 1 is 1.44 bits per heavy atom. The molecule has 0 saturated heterocycles. The normalized spacial score (nSPS) is 10.4. The molecule has 0 fully saturated rings. The summed E-state index contributed by atoms with van der Waals surface area (Å²) < 4.78 is 6.84. The number of nitrogens with two attached hydrogens (primary N) is 1. The molecule has 2 N–H and O–H groups in total. The summed E-state index contributed by atoms with van der Waals surface area (Å²) in [6.07, 6.45) is 1.67. The number of nitrogens with zero attached hydrogens (tertiary/aromatic N) is 2. The SMILES string of the molecule is COc1ccc(-c2ncn(C)c2N)cc1Cl. The van der Waals surface area contributed by atoms with Gasteiger partial charge in [0.1, 0.15) is 17.3 Å². The van der Waals surface area contributed by atoms with Crippen LogP contribution in [0.25, 0.3) is 11.3 Å². The number of ether oxygens (including phenoxy) is 1. The van der Waals surface area contributed by atoms with Crippen LogP contribution in [0.15, 0.2) is 24.5 Å². The van der Waals surface area contributed by atoms with Crippen molar-refractivity contribution in [1.29, 1.82) is 0 Å². The van der Waals surface area contributed by atoms with Gasteiger partial charge in [-0.1, -0.05) is 11.6 Å². The van der Waals surface area contributed by atoms with Crippen molar-refractivity contribution in [2.75, 3.05) is 12.8 Å². The van der Waals surface area contributed by atoms with Gasteiger partial charge < -0.3 is 15.0 Å². The van der Waals surface area contributed by atoms with Crippen molar-refractivity contribution in [2.45, 2.75) is 0 Å². The highest BCUT2D eigenvalue weighted by Gasteiger charge is 2.10. The number of aromatic nitrogens is 2. The van der Waals surface area contributed by atoms with Gasteiger partial charge in [-0.25, -0.2) is 4.98 Å². The second-order valence-electron chi connectivity index (χ2n) is 3.44. The largest absolute Gasteiger partial charge is 0.495 e. The van der Waals surface area contributed by atoms with Gasteiger partial charge in [-0.05, 0) is 18.2 Å². The van der Waals surface area contributed by atoms with E-state index < -0.39 is 0 Å². The van der Waals surface area contributed by atoms with E-state index in [2.05, 4.69) is 4.98 Å². The fraction of sp³-hybridized carbons (Fsp3) is 0.182. The maximum absolute atomic E-state index is 6.04. The number of nitrogen functional groups attached to an aromatic ring is 1. The number of rotatable bonds is 2. The minimum Gasteiger partial charge on any atom is -0.495 e. The van der Waals surface area contributed by atoms with Crippen molar-refractivity contribution < 1.29 is 4.74 Å². The first-order valence-electron chi connectivity index (χ1n) is 4.74. The first kappa shape index (κ1) is 10.8. The molecule has 0 aliphatic rings. The van der Waals surface area contributed by atoms with E-state index in [1.54, 1.807) is 30.1 Å². The number of methoxy groups -OCH3 is 1. The van der Waals surface area contributed by atoms with Gasteiger partial charge in [0.15, 0.2) is 0 Å². The molecular weight excluding hydrogens is 226 g/mol. The van der Waals surface area contributed by atoms with E-state index in [4.69, 9.17) is 22.1 Å². The van der Waals surface area contributed by atoms with Crippen LogP contribution in [-0.2, 0) is 7.05 Å². The average Bonchev–Trinajstić information content (AvgIpc) is 2.60. The fourth-order valence-electron chi connectivity index (χ4n) is 1.48. The Bertz CT molecular complexity index is 522. The predicted molar refractivity (Wildman–Crippen MR) is 64.6 cm³/mol. The first-order chi connectivity index (χ1) is 7.63. The van der Waals surface area contributed by atoms with Gasteiger partial charge in [0.25, 0.3) is 0 Å². The van der Waals surface area contributed by atoms with Crippen LogP contribution >= 0.6 is 11.6 Å². The zero-order valence-electron chi connectivity index (χ0n) is 9.07. The van der Waals surface area contributed by atoms with Gasteiger partial charge >= 0.3 is 0 Å². The summed E-state index contributed by atoms with van der Waals surface area (Å²) in [7, 11) is 3.42. The van der Waals surface area contributed by atoms with Crippen molar-refractivity contribution in [1.82, 2.24) is 9.55 Å². The zero-order chi connectivity index (χ0) is 11.7. The molecule has 4 nitrogen and oxygen atoms in total. The molecular formula is C11H12ClN3O. The van der Waals surface area contributed by atoms with Crippen LogP contribution in [0, 0.1) is 0 Å². The van der Waals surface area contributed by atoms with Crippen LogP contribution in [-0.4, -0.2) is 16.7 Å². The monoisotopic (exact) mass is 237 g/mol. The van der Waals surface area contributed by atoms with Gasteiger partial charge in [-0.15, -0.1) is 0 Å². The number of aryl methyl sites for hydroxylation is 1. The summed E-state index contributed by atoms with van der Waals surface area (Å²) >= 11 is 6.04. The highest BCUT2D eigenvalue weighted by molar-refractivity contribution is 6.32. The third-order valence-electron chi connectivity index (χ3n) is 2.41. The number of benzene rings is 1. The molecule has 0 amide bonds. The molecule has 1 aromatic carbocycles. The summed E-state index contributed by atoms with van der Waals surface area (Å²) in [5, 5.41) is 0.546. The number of hydrogen-bond acceptors (Lipinski definition) is 3. The molecule has 2 rings (SSSR count). The molecule has 0 aliphatic carbocycles. The van der Waals surface area contributed by atoms with Gasteiger partial charge in [0, 0.05) is 12.6 Å². The van der Waals surface area contributed by atoms with E-state index in [-0.39, 0.29) is 0 Å². The first-order valence-corrected chi connectivity index (χ1v) is 5.12. The number of hydrogen-bond donors (Lipinski definition) is 1. The van der Waals surface area contributed by atoms with E-state index in [0.29, 0.717) is 16.6 Å². The standard InChI is InChI=1S/C11H12ClN3O/c1-15-6-14-10(11(15)13)7-3-4-9(16-2)8(12)5-7/h3-6H,13H2,1-2H3. The van der Waals surface area contributed by atoms with Crippen LogP contribution in [0.4, 0.5) is 5.82 Å². The molecule has 1 aromatic heterocycles. The second kappa shape index (κ2) is 4.06. The lowest BCUT2D eigenvalue weighted by molar-refractivity contribution is 0.415. The molecule has 5 heteroatoms. The summed E-state index contributed by atoms with van der Waals surface area (Å²) in [5.74, 6) is 1.25. The zero-order valence-corrected chi connectivity index (χ0v) is 9.82. The van der Waals surface area contributed by atoms with Crippen LogP contribution in [0.1, 0.15) is 0 Å². The van der Waals surface area contributed by atoms with E-state index in [9.17, 15) is 0 Å². The predicted octanol–water partition coefficient (Wildman–Crippen LogP) is 2.33. The lowest BCUT2D eigenvalue weighted by Crippen LogP contribution is -1.96. The van der Waals surface area contributed by atoms with E-state index in [1.807, 2.05) is 13.1 Å². The van der Waals surface area contributed by atoms with E-state index in [0.717, 1.165) is 11.3 Å². The summed E-state index contributed by atoms with van der Waals surface area (Å²) in [5.41, 5.74) is 7.49. The quantitative estimate of drug-likeness (QED) is 0.872. The number of imidazole rings is 1. The van der Waals surface area contributed by atoms with Gasteiger partial charge in [0.2, 0.25) is 0 Å². The maximum Gasteiger partial charge on any atom is 0.137 e. The van der Waals surface area contributed by atoms with Crippen molar-refractivity contribution in [3.05, 3.63) is 29.5 Å². The number of anilines is 1. The van der Waals surface area contributed by atoms with E-state index in [1.165, 1.54) is 0 Å². The van der Waals surface area contributed by atoms with Gasteiger partial charge in [-0.2, -0.15) is 0 Å². The summed E-state index contributed by atoms with van der Waals surface area (Å²) in [6.45, 7) is 0. The van der Waals surface area contributed by atoms with Crippen LogP contribution in [0.2, 0.25) is 5.02 Å². The lowest BCUT2D eigenvalue weighted by atomic mass is 10.1. The Labute approximate surface area is 98.6 Å². The molecule has 0 saturated carbocycles. The van der Waals surface area contributed by atoms with Crippen LogP contribution in [0.5, 0.6) is 5.75 Å². The molecule has 0 bridgehead atoms. The molecule has 0 spiro atoms. The molecule has 16 heavy (non-hydrogen) atoms. The third kappa shape index (κ3) is 1.72. The van der Waals surface area contributed by atoms with Crippen molar-refractivity contribution in [2.24, 2.45) is 7.05 Å². The topological polar surface area (TPSA) is 53.1 Å². The van der Waals surface area contributed by atoms with Crippen molar-refractivity contribution >= 4 is 17.4 Å². The second-order valence-corrected chi connectivity index (χ2v) is 3.85. The summed E-state index contributed by atoms with van der Waals surface area (Å²) in [6, 6.07) is 5.47. The van der Waals surface area contributed by atoms with Crippen LogP contribution in [0.3, 0.4) is 0 Å². The Balaban J connectivity index is 2.49. The Hall–Kier alpha value is -1.68. The third-order valence-corrected chi connectivity index (χ3v) is 2.70. The smallest absolute Gasteiger partial charge is 0.137 e. The Kier molecular flexibility index (Phi) is 2.75. The minimum absolute atomic E-state index is 0.546. The molecule has 1 heterocycles. The van der Waals surface area contributed by atoms with Crippen LogP contribution < -0.4 is 10.5 Å². The van der Waals surface area contributed by atoms with E-state index >= 15 is 0 Å². The van der Waals surface area contributed by atoms with Gasteiger partial charge in [-0.3, -0.25) is 0 Å². The minimum atomic E-state index is 0.546. The molecule has 2 aromatic rings. The highest BCUT2D eigenvalue weighted by atomic mass is 35.5. The molecule has 0 atom stereocenters. The van der Waals surface area contributed by atoms with Crippen molar-refractivity contribution in [3.63, 3.8) is 0 Å². The number of halogens is 1. The molecule has 0 aliphatic heterocycles. The fourth-order valence-corrected chi connectivity index (χ4v) is 1.73. The van der Waals surface area contributed by atoms with Crippen molar-refractivity contribution in [3.8, 4) is 17.0 Å². The highest BCUT2D eigenvalue weighted by Crippen LogP contribution is 2.31. The average molecular weight is 238 g/mol. The summed E-state index contributed by atoms with van der Waals surface area (Å²) in [4.78, 5) is 4.22. The Morgan fingerprint density at radius 2 is 2.19 bits per heavy atom. The Morgan fingerprint density at radius 3 is 2.69 bits per heavy atom. The lowest BCUT2D eigenvalue weighted by Gasteiger charge is -2.05. The maximum atomic E-state index is 6.04. The molecule has 84 valence electrons. The van der Waals surface area contributed by atoms with Gasteiger partial charge in [0.05, 0.1) is 18.5 Å². The molecule has 0 unspecified atom stereocenters. The molecule has 0 radical (unpaired) electrons.